The van der Waals surface area contributed by atoms with Crippen molar-refractivity contribution in [2.75, 3.05) is 32.5 Å². The van der Waals surface area contributed by atoms with Gasteiger partial charge in [-0.15, -0.1) is 0 Å². The molecule has 16 heavy (non-hydrogen) atoms. The summed E-state index contributed by atoms with van der Waals surface area (Å²) in [5, 5.41) is 8.64. The van der Waals surface area contributed by atoms with Crippen LogP contribution >= 0.6 is 0 Å². The highest BCUT2D eigenvalue weighted by Gasteiger charge is 2.23. The number of aliphatic hydroxyl groups is 1. The van der Waals surface area contributed by atoms with Gasteiger partial charge in [-0.25, -0.2) is 13.1 Å². The standard InChI is InChI=1S/C10H22N2O3S/c1-16(14,15)11-10-5-7-12(9-10)6-3-2-4-8-13/h10-11,13H,2-9H2,1H3. The van der Waals surface area contributed by atoms with Crippen LogP contribution in [0.3, 0.4) is 0 Å². The van der Waals surface area contributed by atoms with Crippen LogP contribution in [0.15, 0.2) is 0 Å². The van der Waals surface area contributed by atoms with Crippen LogP contribution in [0.25, 0.3) is 0 Å². The first-order valence-electron chi connectivity index (χ1n) is 5.82. The number of sulfonamides is 1. The molecular weight excluding hydrogens is 228 g/mol. The molecule has 1 unspecified atom stereocenters. The zero-order valence-corrected chi connectivity index (χ0v) is 10.7. The summed E-state index contributed by atoms with van der Waals surface area (Å²) in [4.78, 5) is 2.28. The number of nitrogens with zero attached hydrogens (tertiary/aromatic N) is 1. The number of nitrogens with one attached hydrogen (secondary N) is 1. The van der Waals surface area contributed by atoms with Crippen molar-refractivity contribution in [1.29, 1.82) is 0 Å². The van der Waals surface area contributed by atoms with Gasteiger partial charge >= 0.3 is 0 Å². The highest BCUT2D eigenvalue weighted by Crippen LogP contribution is 2.11. The summed E-state index contributed by atoms with van der Waals surface area (Å²) in [7, 11) is -3.07. The fourth-order valence-electron chi connectivity index (χ4n) is 2.06. The molecule has 0 aromatic heterocycles. The van der Waals surface area contributed by atoms with Crippen molar-refractivity contribution in [3.8, 4) is 0 Å². The molecule has 0 radical (unpaired) electrons. The molecular formula is C10H22N2O3S. The van der Waals surface area contributed by atoms with Crippen LogP contribution in [0.2, 0.25) is 0 Å². The lowest BCUT2D eigenvalue weighted by Crippen LogP contribution is -2.36. The number of aliphatic hydroxyl groups excluding tert-OH is 1. The Hall–Kier alpha value is -0.170. The molecule has 1 atom stereocenters. The van der Waals surface area contributed by atoms with Gasteiger partial charge in [-0.2, -0.15) is 0 Å². The average molecular weight is 250 g/mol. The fourth-order valence-corrected chi connectivity index (χ4v) is 2.86. The first-order valence-corrected chi connectivity index (χ1v) is 7.71. The molecule has 0 saturated carbocycles. The topological polar surface area (TPSA) is 69.6 Å². The molecule has 0 spiro atoms. The molecule has 96 valence electrons. The van der Waals surface area contributed by atoms with E-state index in [9.17, 15) is 8.42 Å². The molecule has 2 N–H and O–H groups in total. The first-order chi connectivity index (χ1) is 7.51. The number of likely N-dealkylation sites (tertiary alicyclic amines) is 1. The molecule has 6 heteroatoms. The van der Waals surface area contributed by atoms with Gasteiger partial charge in [0.2, 0.25) is 10.0 Å². The van der Waals surface area contributed by atoms with E-state index in [1.807, 2.05) is 0 Å². The Morgan fingerprint density at radius 2 is 2.12 bits per heavy atom. The summed E-state index contributed by atoms with van der Waals surface area (Å²) in [6.45, 7) is 3.04. The molecule has 0 bridgehead atoms. The summed E-state index contributed by atoms with van der Waals surface area (Å²) < 4.78 is 24.7. The van der Waals surface area contributed by atoms with Crippen LogP contribution in [-0.4, -0.2) is 57.0 Å². The zero-order valence-electron chi connectivity index (χ0n) is 9.85. The second kappa shape index (κ2) is 6.54. The van der Waals surface area contributed by atoms with Gasteiger partial charge in [-0.3, -0.25) is 0 Å². The summed E-state index contributed by atoms with van der Waals surface area (Å²) in [5.41, 5.74) is 0. The van der Waals surface area contributed by atoms with Gasteiger partial charge in [0, 0.05) is 19.2 Å². The number of unbranched alkanes of at least 4 members (excludes halogenated alkanes) is 2. The lowest BCUT2D eigenvalue weighted by Gasteiger charge is -2.15. The normalized spacial score (nSPS) is 22.8. The SMILES string of the molecule is CS(=O)(=O)NC1CCN(CCCCCO)C1. The van der Waals surface area contributed by atoms with Crippen molar-refractivity contribution in [2.24, 2.45) is 0 Å². The van der Waals surface area contributed by atoms with E-state index < -0.39 is 10.0 Å². The van der Waals surface area contributed by atoms with Crippen LogP contribution in [0.4, 0.5) is 0 Å². The van der Waals surface area contributed by atoms with Crippen molar-refractivity contribution in [1.82, 2.24) is 9.62 Å². The fraction of sp³-hybridized carbons (Fsp3) is 1.00. The Bertz CT molecular complexity index is 292. The van der Waals surface area contributed by atoms with Crippen molar-refractivity contribution < 1.29 is 13.5 Å². The van der Waals surface area contributed by atoms with Crippen molar-refractivity contribution >= 4 is 10.0 Å². The Morgan fingerprint density at radius 3 is 2.75 bits per heavy atom. The highest BCUT2D eigenvalue weighted by molar-refractivity contribution is 7.88. The summed E-state index contributed by atoms with van der Waals surface area (Å²) >= 11 is 0. The van der Waals surface area contributed by atoms with Crippen molar-refractivity contribution in [2.45, 2.75) is 31.7 Å². The van der Waals surface area contributed by atoms with E-state index in [0.717, 1.165) is 45.3 Å². The molecule has 1 fully saturated rings. The van der Waals surface area contributed by atoms with E-state index in [1.165, 1.54) is 6.26 Å². The maximum atomic E-state index is 11.0. The molecule has 1 aliphatic heterocycles. The quantitative estimate of drug-likeness (QED) is 0.613. The average Bonchev–Trinajstić information content (AvgIpc) is 2.58. The second-order valence-electron chi connectivity index (χ2n) is 4.46. The lowest BCUT2D eigenvalue weighted by atomic mass is 10.2. The van der Waals surface area contributed by atoms with Crippen LogP contribution < -0.4 is 4.72 Å². The molecule has 1 heterocycles. The van der Waals surface area contributed by atoms with E-state index in [-0.39, 0.29) is 12.6 Å². The Kier molecular flexibility index (Phi) is 5.68. The molecule has 1 rings (SSSR count). The van der Waals surface area contributed by atoms with Crippen LogP contribution in [0.1, 0.15) is 25.7 Å². The summed E-state index contributed by atoms with van der Waals surface area (Å²) in [5.74, 6) is 0. The van der Waals surface area contributed by atoms with E-state index >= 15 is 0 Å². The Balaban J connectivity index is 2.15. The van der Waals surface area contributed by atoms with Crippen LogP contribution in [0, 0.1) is 0 Å². The minimum atomic E-state index is -3.07. The molecule has 1 aliphatic rings. The third-order valence-electron chi connectivity index (χ3n) is 2.79. The van der Waals surface area contributed by atoms with E-state index in [0.29, 0.717) is 0 Å². The van der Waals surface area contributed by atoms with Gasteiger partial charge in [0.15, 0.2) is 0 Å². The van der Waals surface area contributed by atoms with Crippen molar-refractivity contribution in [3.05, 3.63) is 0 Å². The molecule has 0 aliphatic carbocycles. The largest absolute Gasteiger partial charge is 0.396 e. The molecule has 0 aromatic carbocycles. The summed E-state index contributed by atoms with van der Waals surface area (Å²) in [6.07, 6.45) is 5.08. The summed E-state index contributed by atoms with van der Waals surface area (Å²) in [6, 6.07) is 0.0767. The van der Waals surface area contributed by atoms with E-state index in [4.69, 9.17) is 5.11 Å². The van der Waals surface area contributed by atoms with Gasteiger partial charge in [0.25, 0.3) is 0 Å². The highest BCUT2D eigenvalue weighted by atomic mass is 32.2. The third kappa shape index (κ3) is 5.79. The third-order valence-corrected chi connectivity index (χ3v) is 3.55. The molecule has 5 nitrogen and oxygen atoms in total. The number of hydrogen-bond acceptors (Lipinski definition) is 4. The van der Waals surface area contributed by atoms with E-state index in [1.54, 1.807) is 0 Å². The Labute approximate surface area is 97.9 Å². The van der Waals surface area contributed by atoms with Crippen LogP contribution in [-0.2, 0) is 10.0 Å². The van der Waals surface area contributed by atoms with Gasteiger partial charge in [0.1, 0.15) is 0 Å². The maximum absolute atomic E-state index is 11.0. The van der Waals surface area contributed by atoms with Crippen molar-refractivity contribution in [3.63, 3.8) is 0 Å². The second-order valence-corrected chi connectivity index (χ2v) is 6.24. The molecule has 0 amide bonds. The molecule has 1 saturated heterocycles. The first kappa shape index (κ1) is 13.9. The van der Waals surface area contributed by atoms with E-state index in [2.05, 4.69) is 9.62 Å². The zero-order chi connectivity index (χ0) is 12.0. The smallest absolute Gasteiger partial charge is 0.208 e. The van der Waals surface area contributed by atoms with Gasteiger partial charge in [0.05, 0.1) is 6.26 Å². The lowest BCUT2D eigenvalue weighted by molar-refractivity contribution is 0.272. The monoisotopic (exact) mass is 250 g/mol. The minimum Gasteiger partial charge on any atom is -0.396 e. The van der Waals surface area contributed by atoms with Gasteiger partial charge in [-0.1, -0.05) is 0 Å². The molecule has 0 aromatic rings. The van der Waals surface area contributed by atoms with Gasteiger partial charge < -0.3 is 10.0 Å². The predicted octanol–water partition coefficient (Wildman–Crippen LogP) is -0.227. The minimum absolute atomic E-state index is 0.0767. The maximum Gasteiger partial charge on any atom is 0.208 e. The number of hydrogen-bond donors (Lipinski definition) is 2. The predicted molar refractivity (Wildman–Crippen MR) is 63.8 cm³/mol. The Morgan fingerprint density at radius 1 is 1.38 bits per heavy atom. The van der Waals surface area contributed by atoms with Crippen LogP contribution in [0.5, 0.6) is 0 Å². The van der Waals surface area contributed by atoms with Gasteiger partial charge in [-0.05, 0) is 38.8 Å². The number of rotatable bonds is 7.